The Labute approximate surface area is 83.3 Å². The van der Waals surface area contributed by atoms with Crippen LogP contribution in [0.5, 0.6) is 0 Å². The molecule has 1 aromatic heterocycles. The number of aromatic nitrogens is 2. The Hall–Kier alpha value is -1.36. The van der Waals surface area contributed by atoms with Crippen LogP contribution in [0.1, 0.15) is 11.3 Å². The van der Waals surface area contributed by atoms with Crippen LogP contribution in [-0.4, -0.2) is 35.5 Å². The molecule has 0 fully saturated rings. The van der Waals surface area contributed by atoms with E-state index in [1.807, 2.05) is 7.05 Å². The van der Waals surface area contributed by atoms with Crippen molar-refractivity contribution in [2.45, 2.75) is 13.0 Å². The third-order valence-corrected chi connectivity index (χ3v) is 2.51. The fraction of sp³-hybridized carbons (Fsp3) is 0.556. The SMILES string of the molecule is CNc1nc(N)nc2c1CCN(C)C2. The summed E-state index contributed by atoms with van der Waals surface area (Å²) in [6.07, 6.45) is 0.988. The molecule has 5 nitrogen and oxygen atoms in total. The van der Waals surface area contributed by atoms with Gasteiger partial charge in [0, 0.05) is 25.7 Å². The molecule has 0 unspecified atom stereocenters. The van der Waals surface area contributed by atoms with Crippen molar-refractivity contribution in [1.82, 2.24) is 14.9 Å². The van der Waals surface area contributed by atoms with Gasteiger partial charge < -0.3 is 16.0 Å². The summed E-state index contributed by atoms with van der Waals surface area (Å²) in [6, 6.07) is 0. The molecule has 1 aromatic rings. The van der Waals surface area contributed by atoms with E-state index in [0.29, 0.717) is 5.95 Å². The maximum absolute atomic E-state index is 5.62. The zero-order valence-corrected chi connectivity index (χ0v) is 8.54. The molecule has 0 radical (unpaired) electrons. The maximum atomic E-state index is 5.62. The molecule has 0 aliphatic carbocycles. The highest BCUT2D eigenvalue weighted by Gasteiger charge is 2.18. The van der Waals surface area contributed by atoms with Crippen LogP contribution >= 0.6 is 0 Å². The summed E-state index contributed by atoms with van der Waals surface area (Å²) in [5.74, 6) is 1.23. The molecular weight excluding hydrogens is 178 g/mol. The fourth-order valence-corrected chi connectivity index (χ4v) is 1.79. The fourth-order valence-electron chi connectivity index (χ4n) is 1.79. The Kier molecular flexibility index (Phi) is 2.25. The van der Waals surface area contributed by atoms with Crippen LogP contribution in [0.4, 0.5) is 11.8 Å². The van der Waals surface area contributed by atoms with Crippen molar-refractivity contribution in [1.29, 1.82) is 0 Å². The topological polar surface area (TPSA) is 67.1 Å². The summed E-state index contributed by atoms with van der Waals surface area (Å²) >= 11 is 0. The largest absolute Gasteiger partial charge is 0.373 e. The average Bonchev–Trinajstić information content (AvgIpc) is 2.15. The molecule has 0 amide bonds. The van der Waals surface area contributed by atoms with Gasteiger partial charge in [0.15, 0.2) is 0 Å². The number of nitrogen functional groups attached to an aromatic ring is 1. The lowest BCUT2D eigenvalue weighted by atomic mass is 10.1. The highest BCUT2D eigenvalue weighted by Crippen LogP contribution is 2.22. The van der Waals surface area contributed by atoms with Gasteiger partial charge in [0.1, 0.15) is 5.82 Å². The number of nitrogens with one attached hydrogen (secondary N) is 1. The molecule has 2 heterocycles. The van der Waals surface area contributed by atoms with Crippen molar-refractivity contribution in [3.05, 3.63) is 11.3 Å². The zero-order valence-electron chi connectivity index (χ0n) is 8.54. The molecule has 0 bridgehead atoms. The van der Waals surface area contributed by atoms with Crippen LogP contribution in [0.15, 0.2) is 0 Å². The number of nitrogens with two attached hydrogens (primary N) is 1. The highest BCUT2D eigenvalue weighted by molar-refractivity contribution is 5.50. The maximum Gasteiger partial charge on any atom is 0.222 e. The number of hydrogen-bond donors (Lipinski definition) is 2. The van der Waals surface area contributed by atoms with Crippen LogP contribution in [0.3, 0.4) is 0 Å². The molecule has 0 saturated heterocycles. The minimum absolute atomic E-state index is 0.350. The molecule has 1 aliphatic heterocycles. The lowest BCUT2D eigenvalue weighted by Gasteiger charge is -2.25. The first-order valence-corrected chi connectivity index (χ1v) is 4.72. The van der Waals surface area contributed by atoms with Gasteiger partial charge in [-0.15, -0.1) is 0 Å². The molecule has 1 aliphatic rings. The van der Waals surface area contributed by atoms with Gasteiger partial charge in [-0.3, -0.25) is 0 Å². The Morgan fingerprint density at radius 3 is 2.93 bits per heavy atom. The third kappa shape index (κ3) is 1.50. The lowest BCUT2D eigenvalue weighted by Crippen LogP contribution is -2.28. The summed E-state index contributed by atoms with van der Waals surface area (Å²) in [6.45, 7) is 1.91. The van der Waals surface area contributed by atoms with Gasteiger partial charge in [-0.1, -0.05) is 0 Å². The predicted octanol–water partition coefficient (Wildman–Crippen LogP) is 0.0884. The van der Waals surface area contributed by atoms with Crippen LogP contribution in [0.25, 0.3) is 0 Å². The van der Waals surface area contributed by atoms with E-state index in [0.717, 1.165) is 31.0 Å². The molecule has 5 heteroatoms. The second-order valence-electron chi connectivity index (χ2n) is 3.59. The van der Waals surface area contributed by atoms with Crippen molar-refractivity contribution in [3.63, 3.8) is 0 Å². The molecule has 0 atom stereocenters. The zero-order chi connectivity index (χ0) is 10.1. The van der Waals surface area contributed by atoms with Crippen molar-refractivity contribution < 1.29 is 0 Å². The van der Waals surface area contributed by atoms with Crippen LogP contribution in [0, 0.1) is 0 Å². The molecule has 3 N–H and O–H groups in total. The predicted molar refractivity (Wildman–Crippen MR) is 56.0 cm³/mol. The van der Waals surface area contributed by atoms with Gasteiger partial charge in [0.2, 0.25) is 5.95 Å². The van der Waals surface area contributed by atoms with Crippen LogP contribution in [0.2, 0.25) is 0 Å². The summed E-state index contributed by atoms with van der Waals surface area (Å²) in [7, 11) is 3.95. The number of rotatable bonds is 1. The van der Waals surface area contributed by atoms with Gasteiger partial charge in [-0.2, -0.15) is 4.98 Å². The van der Waals surface area contributed by atoms with E-state index in [1.165, 1.54) is 5.56 Å². The summed E-state index contributed by atoms with van der Waals surface area (Å²) in [5.41, 5.74) is 7.88. The number of anilines is 2. The normalized spacial score (nSPS) is 16.4. The van der Waals surface area contributed by atoms with Crippen LogP contribution < -0.4 is 11.1 Å². The standard InChI is InChI=1S/C9H15N5/c1-11-8-6-3-4-14(2)5-7(6)12-9(10)13-8/h3-5H2,1-2H3,(H3,10,11,12,13). The molecule has 14 heavy (non-hydrogen) atoms. The first-order chi connectivity index (χ1) is 6.70. The number of likely N-dealkylation sites (N-methyl/N-ethyl adjacent to an activating group) is 1. The Morgan fingerprint density at radius 1 is 1.43 bits per heavy atom. The van der Waals surface area contributed by atoms with Crippen molar-refractivity contribution in [2.75, 3.05) is 31.7 Å². The first-order valence-electron chi connectivity index (χ1n) is 4.72. The van der Waals surface area contributed by atoms with Crippen molar-refractivity contribution in [3.8, 4) is 0 Å². The Morgan fingerprint density at radius 2 is 2.21 bits per heavy atom. The lowest BCUT2D eigenvalue weighted by molar-refractivity contribution is 0.307. The number of nitrogens with zero attached hydrogens (tertiary/aromatic N) is 3. The van der Waals surface area contributed by atoms with E-state index in [-0.39, 0.29) is 0 Å². The number of hydrogen-bond acceptors (Lipinski definition) is 5. The minimum Gasteiger partial charge on any atom is -0.373 e. The van der Waals surface area contributed by atoms with Gasteiger partial charge in [-0.25, -0.2) is 4.98 Å². The molecule has 0 saturated carbocycles. The van der Waals surface area contributed by atoms with E-state index in [1.54, 1.807) is 0 Å². The van der Waals surface area contributed by atoms with Gasteiger partial charge in [0.05, 0.1) is 5.69 Å². The highest BCUT2D eigenvalue weighted by atomic mass is 15.1. The third-order valence-electron chi connectivity index (χ3n) is 2.51. The number of fused-ring (bicyclic) bond motifs is 1. The second-order valence-corrected chi connectivity index (χ2v) is 3.59. The molecule has 0 spiro atoms. The molecule has 76 valence electrons. The summed E-state index contributed by atoms with van der Waals surface area (Å²) < 4.78 is 0. The minimum atomic E-state index is 0.350. The Bertz CT molecular complexity index is 349. The first kappa shape index (κ1) is 9.21. The van der Waals surface area contributed by atoms with E-state index in [4.69, 9.17) is 5.73 Å². The Balaban J connectivity index is 2.46. The van der Waals surface area contributed by atoms with Gasteiger partial charge >= 0.3 is 0 Å². The van der Waals surface area contributed by atoms with Gasteiger partial charge in [0.25, 0.3) is 0 Å². The smallest absolute Gasteiger partial charge is 0.222 e. The summed E-state index contributed by atoms with van der Waals surface area (Å²) in [4.78, 5) is 10.7. The summed E-state index contributed by atoms with van der Waals surface area (Å²) in [5, 5.41) is 3.06. The van der Waals surface area contributed by atoms with Gasteiger partial charge in [-0.05, 0) is 13.5 Å². The van der Waals surface area contributed by atoms with E-state index >= 15 is 0 Å². The molecular formula is C9H15N5. The van der Waals surface area contributed by atoms with Crippen LogP contribution in [-0.2, 0) is 13.0 Å². The monoisotopic (exact) mass is 193 g/mol. The molecule has 0 aromatic carbocycles. The van der Waals surface area contributed by atoms with Crippen molar-refractivity contribution in [2.24, 2.45) is 0 Å². The van der Waals surface area contributed by atoms with E-state index in [2.05, 4.69) is 27.2 Å². The quantitative estimate of drug-likeness (QED) is 0.661. The average molecular weight is 193 g/mol. The van der Waals surface area contributed by atoms with E-state index < -0.39 is 0 Å². The van der Waals surface area contributed by atoms with E-state index in [9.17, 15) is 0 Å². The molecule has 2 rings (SSSR count). The second kappa shape index (κ2) is 3.42. The van der Waals surface area contributed by atoms with Crippen molar-refractivity contribution >= 4 is 11.8 Å².